The molecule has 2 aromatic rings. The summed E-state index contributed by atoms with van der Waals surface area (Å²) in [7, 11) is 0. The lowest BCUT2D eigenvalue weighted by Gasteiger charge is -2.04. The topological polar surface area (TPSA) is 66.4 Å². The van der Waals surface area contributed by atoms with Crippen LogP contribution in [0.3, 0.4) is 0 Å². The Morgan fingerprint density at radius 1 is 1.11 bits per heavy atom. The Bertz CT molecular complexity index is 563. The Kier molecular flexibility index (Phi) is 3.74. The Hall–Kier alpha value is -2.14. The molecule has 1 heterocycles. The van der Waals surface area contributed by atoms with Gasteiger partial charge < -0.3 is 10.4 Å². The van der Waals surface area contributed by atoms with Gasteiger partial charge in [-0.25, -0.2) is 4.79 Å². The summed E-state index contributed by atoms with van der Waals surface area (Å²) in [5.41, 5.74) is 1.23. The van der Waals surface area contributed by atoms with Crippen molar-refractivity contribution in [1.82, 2.24) is 5.32 Å². The molecule has 0 aliphatic rings. The molecule has 0 fully saturated rings. The second kappa shape index (κ2) is 5.46. The monoisotopic (exact) mass is 261 g/mol. The predicted molar refractivity (Wildman–Crippen MR) is 68.9 cm³/mol. The predicted octanol–water partition coefficient (Wildman–Crippen LogP) is 2.38. The van der Waals surface area contributed by atoms with Crippen LogP contribution in [0.5, 0.6) is 0 Å². The highest BCUT2D eigenvalue weighted by molar-refractivity contribution is 7.08. The van der Waals surface area contributed by atoms with Gasteiger partial charge in [0.25, 0.3) is 5.91 Å². The average Bonchev–Trinajstić information content (AvgIpc) is 2.86. The Morgan fingerprint density at radius 3 is 2.44 bits per heavy atom. The van der Waals surface area contributed by atoms with E-state index in [4.69, 9.17) is 5.11 Å². The Balaban J connectivity index is 2.04. The highest BCUT2D eigenvalue weighted by Crippen LogP contribution is 2.15. The van der Waals surface area contributed by atoms with Gasteiger partial charge in [0.05, 0.1) is 11.1 Å². The average molecular weight is 261 g/mol. The molecule has 1 aromatic heterocycles. The summed E-state index contributed by atoms with van der Waals surface area (Å²) in [6.07, 6.45) is 0. The number of thiophene rings is 1. The van der Waals surface area contributed by atoms with Crippen molar-refractivity contribution >= 4 is 23.2 Å². The molecule has 0 radical (unpaired) electrons. The number of hydrogen-bond acceptors (Lipinski definition) is 3. The molecule has 0 atom stereocenters. The number of carboxylic acid groups (broad SMARTS) is 1. The van der Waals surface area contributed by atoms with Gasteiger partial charge in [-0.2, -0.15) is 11.3 Å². The van der Waals surface area contributed by atoms with E-state index in [1.54, 1.807) is 5.38 Å². The van der Waals surface area contributed by atoms with Gasteiger partial charge >= 0.3 is 5.97 Å². The van der Waals surface area contributed by atoms with Gasteiger partial charge in [-0.1, -0.05) is 30.3 Å². The fraction of sp³-hybridized carbons (Fsp3) is 0.0769. The summed E-state index contributed by atoms with van der Waals surface area (Å²) in [5, 5.41) is 14.6. The number of carbonyl (C=O) groups excluding carboxylic acids is 1. The maximum Gasteiger partial charge on any atom is 0.337 e. The molecule has 0 unspecified atom stereocenters. The number of carboxylic acids is 1. The number of hydrogen-bond donors (Lipinski definition) is 2. The molecule has 2 N–H and O–H groups in total. The molecule has 5 heteroatoms. The lowest BCUT2D eigenvalue weighted by Crippen LogP contribution is -2.24. The normalized spacial score (nSPS) is 10.0. The standard InChI is InChI=1S/C13H11NO3S/c15-12(10-7-18-8-11(10)13(16)17)14-6-9-4-2-1-3-5-9/h1-5,7-8H,6H2,(H,14,15)(H,16,17). The van der Waals surface area contributed by atoms with Crippen molar-refractivity contribution in [3.05, 3.63) is 57.8 Å². The van der Waals surface area contributed by atoms with Crippen molar-refractivity contribution in [3.8, 4) is 0 Å². The van der Waals surface area contributed by atoms with Crippen molar-refractivity contribution in [2.75, 3.05) is 0 Å². The van der Waals surface area contributed by atoms with Crippen LogP contribution in [0.1, 0.15) is 26.3 Å². The fourth-order valence-corrected chi connectivity index (χ4v) is 2.31. The van der Waals surface area contributed by atoms with Crippen LogP contribution in [0.25, 0.3) is 0 Å². The van der Waals surface area contributed by atoms with Gasteiger partial charge in [0.1, 0.15) is 0 Å². The van der Waals surface area contributed by atoms with Crippen LogP contribution in [0.15, 0.2) is 41.1 Å². The largest absolute Gasteiger partial charge is 0.478 e. The van der Waals surface area contributed by atoms with Gasteiger partial charge in [0.2, 0.25) is 0 Å². The summed E-state index contributed by atoms with van der Waals surface area (Å²) in [4.78, 5) is 22.7. The van der Waals surface area contributed by atoms with Crippen LogP contribution in [0.4, 0.5) is 0 Å². The maximum absolute atomic E-state index is 11.8. The van der Waals surface area contributed by atoms with Crippen LogP contribution in [-0.4, -0.2) is 17.0 Å². The van der Waals surface area contributed by atoms with Crippen LogP contribution in [-0.2, 0) is 6.54 Å². The molecule has 0 bridgehead atoms. The third kappa shape index (κ3) is 2.75. The number of rotatable bonds is 4. The van der Waals surface area contributed by atoms with E-state index in [9.17, 15) is 9.59 Å². The SMILES string of the molecule is O=C(O)c1cscc1C(=O)NCc1ccccc1. The van der Waals surface area contributed by atoms with Crippen molar-refractivity contribution in [1.29, 1.82) is 0 Å². The Morgan fingerprint density at radius 2 is 1.78 bits per heavy atom. The van der Waals surface area contributed by atoms with Gasteiger partial charge in [-0.05, 0) is 5.56 Å². The highest BCUT2D eigenvalue weighted by atomic mass is 32.1. The van der Waals surface area contributed by atoms with Crippen molar-refractivity contribution < 1.29 is 14.7 Å². The minimum absolute atomic E-state index is 0.0468. The van der Waals surface area contributed by atoms with Gasteiger partial charge in [0, 0.05) is 17.3 Å². The second-order valence-electron chi connectivity index (χ2n) is 3.67. The first kappa shape index (κ1) is 12.3. The van der Waals surface area contributed by atoms with Crippen LogP contribution in [0.2, 0.25) is 0 Å². The molecule has 0 saturated carbocycles. The zero-order valence-corrected chi connectivity index (χ0v) is 10.2. The molecule has 92 valence electrons. The van der Waals surface area contributed by atoms with E-state index in [1.807, 2.05) is 30.3 Å². The lowest BCUT2D eigenvalue weighted by atomic mass is 10.2. The molecule has 2 rings (SSSR count). The first-order valence-electron chi connectivity index (χ1n) is 5.30. The molecule has 0 saturated heterocycles. The van der Waals surface area contributed by atoms with E-state index in [1.165, 1.54) is 16.7 Å². The van der Waals surface area contributed by atoms with E-state index >= 15 is 0 Å². The van der Waals surface area contributed by atoms with E-state index in [2.05, 4.69) is 5.32 Å². The van der Waals surface area contributed by atoms with Gasteiger partial charge in [0.15, 0.2) is 0 Å². The quantitative estimate of drug-likeness (QED) is 0.888. The number of aromatic carboxylic acids is 1. The molecule has 0 aliphatic heterocycles. The first-order valence-corrected chi connectivity index (χ1v) is 6.24. The molecule has 0 spiro atoms. The first-order chi connectivity index (χ1) is 8.68. The van der Waals surface area contributed by atoms with Crippen LogP contribution < -0.4 is 5.32 Å². The second-order valence-corrected chi connectivity index (χ2v) is 4.42. The molecular formula is C13H11NO3S. The summed E-state index contributed by atoms with van der Waals surface area (Å²) >= 11 is 1.20. The summed E-state index contributed by atoms with van der Waals surface area (Å²) in [6, 6.07) is 9.45. The maximum atomic E-state index is 11.8. The third-order valence-electron chi connectivity index (χ3n) is 2.43. The highest BCUT2D eigenvalue weighted by Gasteiger charge is 2.17. The summed E-state index contributed by atoms with van der Waals surface area (Å²) in [6.45, 7) is 0.384. The van der Waals surface area contributed by atoms with E-state index in [-0.39, 0.29) is 17.0 Å². The zero-order chi connectivity index (χ0) is 13.0. The number of nitrogens with one attached hydrogen (secondary N) is 1. The molecule has 1 amide bonds. The number of amides is 1. The lowest BCUT2D eigenvalue weighted by molar-refractivity contribution is 0.0691. The van der Waals surface area contributed by atoms with E-state index in [0.29, 0.717) is 6.54 Å². The zero-order valence-electron chi connectivity index (χ0n) is 9.42. The van der Waals surface area contributed by atoms with Crippen molar-refractivity contribution in [3.63, 3.8) is 0 Å². The number of benzene rings is 1. The molecule has 1 aromatic carbocycles. The van der Waals surface area contributed by atoms with E-state index in [0.717, 1.165) is 5.56 Å². The minimum Gasteiger partial charge on any atom is -0.478 e. The molecule has 18 heavy (non-hydrogen) atoms. The van der Waals surface area contributed by atoms with E-state index < -0.39 is 5.97 Å². The minimum atomic E-state index is -1.08. The summed E-state index contributed by atoms with van der Waals surface area (Å²) in [5.74, 6) is -1.45. The van der Waals surface area contributed by atoms with Gasteiger partial charge in [-0.15, -0.1) is 0 Å². The molecule has 4 nitrogen and oxygen atoms in total. The van der Waals surface area contributed by atoms with Crippen LogP contribution >= 0.6 is 11.3 Å². The van der Waals surface area contributed by atoms with Gasteiger partial charge in [-0.3, -0.25) is 4.79 Å². The molecule has 0 aliphatic carbocycles. The van der Waals surface area contributed by atoms with Crippen molar-refractivity contribution in [2.45, 2.75) is 6.54 Å². The third-order valence-corrected chi connectivity index (χ3v) is 3.18. The smallest absolute Gasteiger partial charge is 0.337 e. The fourth-order valence-electron chi connectivity index (χ4n) is 1.51. The number of carbonyl (C=O) groups is 2. The Labute approximate surface area is 108 Å². The van der Waals surface area contributed by atoms with Crippen LogP contribution in [0, 0.1) is 0 Å². The summed E-state index contributed by atoms with van der Waals surface area (Å²) < 4.78 is 0. The molecular weight excluding hydrogens is 250 g/mol. The van der Waals surface area contributed by atoms with Crippen molar-refractivity contribution in [2.24, 2.45) is 0 Å².